The summed E-state index contributed by atoms with van der Waals surface area (Å²) in [6.07, 6.45) is 1.55. The van der Waals surface area contributed by atoms with Gasteiger partial charge in [-0.1, -0.05) is 15.9 Å². The van der Waals surface area contributed by atoms with Crippen molar-refractivity contribution in [3.63, 3.8) is 0 Å². The van der Waals surface area contributed by atoms with Gasteiger partial charge in [0, 0.05) is 34.5 Å². The summed E-state index contributed by atoms with van der Waals surface area (Å²) in [6, 6.07) is 4.01. The smallest absolute Gasteiger partial charge is 0.201 e. The third-order valence-corrected chi connectivity index (χ3v) is 2.94. The van der Waals surface area contributed by atoms with Crippen LogP contribution in [0.25, 0.3) is 0 Å². The quantitative estimate of drug-likeness (QED) is 0.874. The number of pyridine rings is 1. The van der Waals surface area contributed by atoms with Crippen LogP contribution in [0.2, 0.25) is 0 Å². The van der Waals surface area contributed by atoms with Gasteiger partial charge >= 0.3 is 0 Å². The zero-order chi connectivity index (χ0) is 14.0. The molecule has 0 spiro atoms. The van der Waals surface area contributed by atoms with Gasteiger partial charge in [-0.2, -0.15) is 4.39 Å². The average Bonchev–Trinajstić information content (AvgIpc) is 2.35. The van der Waals surface area contributed by atoms with Crippen LogP contribution >= 0.6 is 15.9 Å². The Hall–Kier alpha value is -1.53. The molecule has 0 amide bonds. The summed E-state index contributed by atoms with van der Waals surface area (Å²) in [4.78, 5) is 4.07. The number of benzene rings is 1. The molecule has 3 nitrogen and oxygen atoms in total. The van der Waals surface area contributed by atoms with Gasteiger partial charge in [0.25, 0.3) is 0 Å². The van der Waals surface area contributed by atoms with Crippen LogP contribution in [0.5, 0.6) is 11.5 Å². The zero-order valence-corrected chi connectivity index (χ0v) is 11.7. The summed E-state index contributed by atoms with van der Waals surface area (Å²) in [7, 11) is 0. The van der Waals surface area contributed by atoms with Crippen LogP contribution in [0, 0.1) is 18.6 Å². The number of ether oxygens (including phenoxy) is 1. The lowest BCUT2D eigenvalue weighted by molar-refractivity contribution is 0.411. The fraction of sp³-hybridized carbons (Fsp3) is 0.154. The molecule has 0 radical (unpaired) electrons. The monoisotopic (exact) mass is 328 g/mol. The molecule has 0 saturated carbocycles. The topological polar surface area (TPSA) is 48.1 Å². The molecular weight excluding hydrogens is 318 g/mol. The third kappa shape index (κ3) is 3.08. The number of hydrogen-bond acceptors (Lipinski definition) is 3. The molecule has 1 aromatic heterocycles. The van der Waals surface area contributed by atoms with Gasteiger partial charge in [0.1, 0.15) is 5.75 Å². The maximum atomic E-state index is 13.6. The fourth-order valence-electron chi connectivity index (χ4n) is 1.54. The van der Waals surface area contributed by atoms with Gasteiger partial charge in [-0.3, -0.25) is 4.98 Å². The number of aromatic nitrogens is 1. The van der Waals surface area contributed by atoms with Gasteiger partial charge in [0.05, 0.1) is 0 Å². The second-order valence-electron chi connectivity index (χ2n) is 3.94. The Labute approximate surface area is 117 Å². The normalized spacial score (nSPS) is 10.6. The van der Waals surface area contributed by atoms with Gasteiger partial charge < -0.3 is 10.5 Å². The van der Waals surface area contributed by atoms with Crippen molar-refractivity contribution in [1.29, 1.82) is 0 Å². The number of rotatable bonds is 3. The lowest BCUT2D eigenvalue weighted by Gasteiger charge is -2.11. The molecule has 0 aliphatic rings. The molecule has 0 fully saturated rings. The van der Waals surface area contributed by atoms with Crippen LogP contribution in [0.15, 0.2) is 28.9 Å². The highest BCUT2D eigenvalue weighted by Gasteiger charge is 2.14. The Morgan fingerprint density at radius 3 is 2.68 bits per heavy atom. The van der Waals surface area contributed by atoms with Crippen LogP contribution in [0.1, 0.15) is 11.3 Å². The van der Waals surface area contributed by atoms with E-state index in [1.807, 2.05) is 0 Å². The first-order chi connectivity index (χ1) is 9.01. The second kappa shape index (κ2) is 5.63. The first-order valence-electron chi connectivity index (χ1n) is 5.49. The third-order valence-electron chi connectivity index (χ3n) is 2.48. The van der Waals surface area contributed by atoms with Gasteiger partial charge in [-0.15, -0.1) is 0 Å². The van der Waals surface area contributed by atoms with Gasteiger partial charge in [-0.05, 0) is 19.1 Å². The van der Waals surface area contributed by atoms with E-state index in [-0.39, 0.29) is 12.3 Å². The fourth-order valence-corrected chi connectivity index (χ4v) is 1.95. The van der Waals surface area contributed by atoms with Crippen molar-refractivity contribution < 1.29 is 13.5 Å². The Kier molecular flexibility index (Phi) is 4.11. The summed E-state index contributed by atoms with van der Waals surface area (Å²) >= 11 is 3.09. The molecule has 0 bridgehead atoms. The Morgan fingerprint density at radius 1 is 1.26 bits per heavy atom. The molecule has 0 aliphatic carbocycles. The molecule has 2 rings (SSSR count). The summed E-state index contributed by atoms with van der Waals surface area (Å²) in [6.45, 7) is 1.96. The van der Waals surface area contributed by atoms with Crippen molar-refractivity contribution >= 4 is 15.9 Å². The molecule has 6 heteroatoms. The Balaban J connectivity index is 2.44. The number of nitrogens with two attached hydrogens (primary N) is 1. The molecule has 0 unspecified atom stereocenters. The lowest BCUT2D eigenvalue weighted by Crippen LogP contribution is -2.02. The SMILES string of the molecule is Cc1cc(Oc2cc(Br)cc(F)c2F)c(CN)cn1. The van der Waals surface area contributed by atoms with Crippen LogP contribution in [0.3, 0.4) is 0 Å². The van der Waals surface area contributed by atoms with E-state index in [1.165, 1.54) is 6.07 Å². The van der Waals surface area contributed by atoms with Crippen LogP contribution < -0.4 is 10.5 Å². The minimum absolute atomic E-state index is 0.195. The zero-order valence-electron chi connectivity index (χ0n) is 10.1. The standard InChI is InChI=1S/C13H11BrF2N2O/c1-7-2-11(8(5-17)6-18-7)19-12-4-9(14)3-10(15)13(12)16/h2-4,6H,5,17H2,1H3. The van der Waals surface area contributed by atoms with Crippen molar-refractivity contribution in [3.05, 3.63) is 51.8 Å². The van der Waals surface area contributed by atoms with E-state index in [0.717, 1.165) is 6.07 Å². The molecule has 0 atom stereocenters. The van der Waals surface area contributed by atoms with E-state index >= 15 is 0 Å². The highest BCUT2D eigenvalue weighted by atomic mass is 79.9. The molecule has 0 aliphatic heterocycles. The minimum atomic E-state index is -1.04. The van der Waals surface area contributed by atoms with Crippen molar-refractivity contribution in [2.24, 2.45) is 5.73 Å². The summed E-state index contributed by atoms with van der Waals surface area (Å²) < 4.78 is 32.7. The van der Waals surface area contributed by atoms with E-state index < -0.39 is 11.6 Å². The van der Waals surface area contributed by atoms with Crippen LogP contribution in [-0.4, -0.2) is 4.98 Å². The van der Waals surface area contributed by atoms with E-state index in [0.29, 0.717) is 21.5 Å². The van der Waals surface area contributed by atoms with E-state index in [9.17, 15) is 8.78 Å². The summed E-state index contributed by atoms with van der Waals surface area (Å²) in [5.41, 5.74) is 6.87. The summed E-state index contributed by atoms with van der Waals surface area (Å²) in [5.74, 6) is -1.86. The number of nitrogens with zero attached hydrogens (tertiary/aromatic N) is 1. The summed E-state index contributed by atoms with van der Waals surface area (Å²) in [5, 5.41) is 0. The molecular formula is C13H11BrF2N2O. The van der Waals surface area contributed by atoms with Crippen molar-refractivity contribution in [2.75, 3.05) is 0 Å². The number of hydrogen-bond donors (Lipinski definition) is 1. The molecule has 19 heavy (non-hydrogen) atoms. The highest BCUT2D eigenvalue weighted by molar-refractivity contribution is 9.10. The largest absolute Gasteiger partial charge is 0.454 e. The second-order valence-corrected chi connectivity index (χ2v) is 4.85. The van der Waals surface area contributed by atoms with E-state index in [2.05, 4.69) is 20.9 Å². The number of aryl methyl sites for hydroxylation is 1. The predicted octanol–water partition coefficient (Wildman–Crippen LogP) is 3.68. The van der Waals surface area contributed by atoms with E-state index in [4.69, 9.17) is 10.5 Å². The highest BCUT2D eigenvalue weighted by Crippen LogP contribution is 2.31. The lowest BCUT2D eigenvalue weighted by atomic mass is 10.2. The molecule has 2 N–H and O–H groups in total. The first-order valence-corrected chi connectivity index (χ1v) is 6.28. The van der Waals surface area contributed by atoms with E-state index in [1.54, 1.807) is 19.2 Å². The van der Waals surface area contributed by atoms with Crippen molar-refractivity contribution in [3.8, 4) is 11.5 Å². The van der Waals surface area contributed by atoms with Crippen molar-refractivity contribution in [2.45, 2.75) is 13.5 Å². The Morgan fingerprint density at radius 2 is 2.00 bits per heavy atom. The minimum Gasteiger partial charge on any atom is -0.454 e. The molecule has 1 heterocycles. The average molecular weight is 329 g/mol. The molecule has 1 aromatic carbocycles. The van der Waals surface area contributed by atoms with Crippen LogP contribution in [0.4, 0.5) is 8.78 Å². The molecule has 2 aromatic rings. The first kappa shape index (κ1) is 13.9. The number of halogens is 3. The Bertz CT molecular complexity index is 620. The maximum Gasteiger partial charge on any atom is 0.201 e. The van der Waals surface area contributed by atoms with Gasteiger partial charge in [0.2, 0.25) is 5.82 Å². The van der Waals surface area contributed by atoms with Crippen LogP contribution in [-0.2, 0) is 6.54 Å². The maximum absolute atomic E-state index is 13.6. The molecule has 0 saturated heterocycles. The predicted molar refractivity (Wildman–Crippen MR) is 71.0 cm³/mol. The van der Waals surface area contributed by atoms with Crippen molar-refractivity contribution in [1.82, 2.24) is 4.98 Å². The molecule has 100 valence electrons. The van der Waals surface area contributed by atoms with Gasteiger partial charge in [-0.25, -0.2) is 4.39 Å². The van der Waals surface area contributed by atoms with Gasteiger partial charge in [0.15, 0.2) is 11.6 Å².